The second-order valence-corrected chi connectivity index (χ2v) is 4.18. The quantitative estimate of drug-likeness (QED) is 0.770. The molecule has 3 heteroatoms. The largest absolute Gasteiger partial charge is 0.312 e. The van der Waals surface area contributed by atoms with Gasteiger partial charge >= 0.3 is 0 Å². The number of nitrogens with one attached hydrogen (secondary N) is 2. The number of nitrogens with zero attached hydrogens (tertiary/aromatic N) is 1. The van der Waals surface area contributed by atoms with Crippen molar-refractivity contribution in [3.8, 4) is 0 Å². The van der Waals surface area contributed by atoms with Gasteiger partial charge < -0.3 is 5.32 Å². The summed E-state index contributed by atoms with van der Waals surface area (Å²) in [6.45, 7) is 6.58. The molecule has 0 saturated heterocycles. The lowest BCUT2D eigenvalue weighted by atomic mass is 9.96. The number of H-pyrrole nitrogens is 1. The number of hydrogen-bond acceptors (Lipinski definition) is 2. The second-order valence-electron chi connectivity index (χ2n) is 4.18. The van der Waals surface area contributed by atoms with Crippen LogP contribution < -0.4 is 5.32 Å². The van der Waals surface area contributed by atoms with Crippen molar-refractivity contribution < 1.29 is 0 Å². The third-order valence-electron chi connectivity index (χ3n) is 3.03. The van der Waals surface area contributed by atoms with Crippen molar-refractivity contribution in [3.63, 3.8) is 0 Å². The highest BCUT2D eigenvalue weighted by Gasteiger charge is 2.19. The predicted molar refractivity (Wildman–Crippen MR) is 57.3 cm³/mol. The van der Waals surface area contributed by atoms with Crippen LogP contribution in [0.15, 0.2) is 0 Å². The molecule has 2 rings (SSSR count). The number of rotatable bonds is 3. The lowest BCUT2D eigenvalue weighted by Gasteiger charge is -2.15. The van der Waals surface area contributed by atoms with E-state index >= 15 is 0 Å². The zero-order chi connectivity index (χ0) is 9.97. The molecule has 1 aliphatic rings. The highest BCUT2D eigenvalue weighted by molar-refractivity contribution is 5.29. The van der Waals surface area contributed by atoms with Crippen LogP contribution in [0.2, 0.25) is 0 Å². The summed E-state index contributed by atoms with van der Waals surface area (Å²) in [6.07, 6.45) is 3.56. The molecule has 0 aliphatic carbocycles. The van der Waals surface area contributed by atoms with E-state index in [1.54, 1.807) is 0 Å². The van der Waals surface area contributed by atoms with E-state index < -0.39 is 0 Å². The Hall–Kier alpha value is -0.830. The maximum Gasteiger partial charge on any atom is 0.0698 e. The molecule has 2 heterocycles. The van der Waals surface area contributed by atoms with E-state index in [1.807, 2.05) is 0 Å². The van der Waals surface area contributed by atoms with Gasteiger partial charge in [0.2, 0.25) is 0 Å². The van der Waals surface area contributed by atoms with Gasteiger partial charge in [0.15, 0.2) is 0 Å². The molecule has 0 spiro atoms. The summed E-state index contributed by atoms with van der Waals surface area (Å²) in [5.74, 6) is 0.597. The fourth-order valence-corrected chi connectivity index (χ4v) is 2.23. The zero-order valence-corrected chi connectivity index (χ0v) is 9.06. The van der Waals surface area contributed by atoms with Gasteiger partial charge in [-0.2, -0.15) is 5.10 Å². The van der Waals surface area contributed by atoms with Crippen molar-refractivity contribution in [2.45, 2.75) is 45.6 Å². The SMILES string of the molecule is CCCC(C)c1n[nH]c2c1CNCC2. The average Bonchev–Trinajstić information content (AvgIpc) is 2.61. The Labute approximate surface area is 85.3 Å². The van der Waals surface area contributed by atoms with Gasteiger partial charge in [-0.3, -0.25) is 5.10 Å². The van der Waals surface area contributed by atoms with Crippen LogP contribution in [0.4, 0.5) is 0 Å². The third-order valence-corrected chi connectivity index (χ3v) is 3.03. The zero-order valence-electron chi connectivity index (χ0n) is 9.06. The van der Waals surface area contributed by atoms with E-state index in [2.05, 4.69) is 29.4 Å². The first-order chi connectivity index (χ1) is 6.83. The first-order valence-electron chi connectivity index (χ1n) is 5.59. The van der Waals surface area contributed by atoms with Gasteiger partial charge in [0.25, 0.3) is 0 Å². The lowest BCUT2D eigenvalue weighted by molar-refractivity contribution is 0.610. The van der Waals surface area contributed by atoms with Crippen LogP contribution in [0.1, 0.15) is 49.6 Å². The molecular formula is C11H19N3. The van der Waals surface area contributed by atoms with Crippen molar-refractivity contribution in [2.24, 2.45) is 0 Å². The third kappa shape index (κ3) is 1.69. The Morgan fingerprint density at radius 1 is 1.50 bits per heavy atom. The van der Waals surface area contributed by atoms with Gasteiger partial charge in [0, 0.05) is 36.7 Å². The first-order valence-corrected chi connectivity index (χ1v) is 5.59. The highest BCUT2D eigenvalue weighted by atomic mass is 15.1. The Morgan fingerprint density at radius 2 is 2.36 bits per heavy atom. The highest BCUT2D eigenvalue weighted by Crippen LogP contribution is 2.25. The molecule has 0 bridgehead atoms. The van der Waals surface area contributed by atoms with Crippen LogP contribution in [0.5, 0.6) is 0 Å². The Kier molecular flexibility index (Phi) is 2.87. The van der Waals surface area contributed by atoms with Gasteiger partial charge in [-0.15, -0.1) is 0 Å². The van der Waals surface area contributed by atoms with Crippen molar-refractivity contribution in [1.82, 2.24) is 15.5 Å². The van der Waals surface area contributed by atoms with Gasteiger partial charge in [0.1, 0.15) is 0 Å². The molecule has 0 fully saturated rings. The number of aromatic nitrogens is 2. The number of aromatic amines is 1. The maximum absolute atomic E-state index is 4.45. The molecule has 1 unspecified atom stereocenters. The van der Waals surface area contributed by atoms with Crippen molar-refractivity contribution in [3.05, 3.63) is 17.0 Å². The molecule has 1 atom stereocenters. The molecule has 1 aromatic heterocycles. The van der Waals surface area contributed by atoms with Crippen LogP contribution >= 0.6 is 0 Å². The fourth-order valence-electron chi connectivity index (χ4n) is 2.23. The van der Waals surface area contributed by atoms with Gasteiger partial charge in [0.05, 0.1) is 5.69 Å². The summed E-state index contributed by atoms with van der Waals surface area (Å²) in [6, 6.07) is 0. The van der Waals surface area contributed by atoms with Crippen LogP contribution in [-0.4, -0.2) is 16.7 Å². The van der Waals surface area contributed by atoms with E-state index in [4.69, 9.17) is 0 Å². The summed E-state index contributed by atoms with van der Waals surface area (Å²) in [5.41, 5.74) is 4.06. The van der Waals surface area contributed by atoms with E-state index in [9.17, 15) is 0 Å². The Bertz CT molecular complexity index is 303. The summed E-state index contributed by atoms with van der Waals surface area (Å²) >= 11 is 0. The molecule has 2 N–H and O–H groups in total. The normalized spacial score (nSPS) is 17.9. The molecule has 0 aromatic carbocycles. The molecular weight excluding hydrogens is 174 g/mol. The Morgan fingerprint density at radius 3 is 3.14 bits per heavy atom. The van der Waals surface area contributed by atoms with Gasteiger partial charge in [-0.25, -0.2) is 0 Å². The topological polar surface area (TPSA) is 40.7 Å². The minimum atomic E-state index is 0.597. The minimum Gasteiger partial charge on any atom is -0.312 e. The molecule has 0 saturated carbocycles. The smallest absolute Gasteiger partial charge is 0.0698 e. The van der Waals surface area contributed by atoms with Crippen LogP contribution in [0, 0.1) is 0 Å². The van der Waals surface area contributed by atoms with E-state index in [-0.39, 0.29) is 0 Å². The van der Waals surface area contributed by atoms with Crippen molar-refractivity contribution >= 4 is 0 Å². The molecule has 14 heavy (non-hydrogen) atoms. The summed E-state index contributed by atoms with van der Waals surface area (Å²) in [5, 5.41) is 11.0. The molecule has 0 amide bonds. The van der Waals surface area contributed by atoms with Crippen molar-refractivity contribution in [1.29, 1.82) is 0 Å². The first kappa shape index (κ1) is 9.71. The standard InChI is InChI=1S/C11H19N3/c1-3-4-8(2)11-9-7-12-6-5-10(9)13-14-11/h8,12H,3-7H2,1-2H3,(H,13,14). The second kappa shape index (κ2) is 4.13. The average molecular weight is 193 g/mol. The molecule has 1 aromatic rings. The van der Waals surface area contributed by atoms with Crippen LogP contribution in [0.25, 0.3) is 0 Å². The molecule has 1 aliphatic heterocycles. The predicted octanol–water partition coefficient (Wildman–Crippen LogP) is 1.96. The number of fused-ring (bicyclic) bond motifs is 1. The molecule has 78 valence electrons. The fraction of sp³-hybridized carbons (Fsp3) is 0.727. The molecule has 0 radical (unpaired) electrons. The van der Waals surface area contributed by atoms with Crippen LogP contribution in [0.3, 0.4) is 0 Å². The lowest BCUT2D eigenvalue weighted by Crippen LogP contribution is -2.23. The maximum atomic E-state index is 4.45. The summed E-state index contributed by atoms with van der Waals surface area (Å²) in [7, 11) is 0. The van der Waals surface area contributed by atoms with Crippen LogP contribution in [-0.2, 0) is 13.0 Å². The summed E-state index contributed by atoms with van der Waals surface area (Å²) < 4.78 is 0. The van der Waals surface area contributed by atoms with Gasteiger partial charge in [-0.1, -0.05) is 20.3 Å². The number of hydrogen-bond donors (Lipinski definition) is 2. The minimum absolute atomic E-state index is 0.597. The van der Waals surface area contributed by atoms with Crippen molar-refractivity contribution in [2.75, 3.05) is 6.54 Å². The summed E-state index contributed by atoms with van der Waals surface area (Å²) in [4.78, 5) is 0. The van der Waals surface area contributed by atoms with Gasteiger partial charge in [-0.05, 0) is 6.42 Å². The van der Waals surface area contributed by atoms with E-state index in [0.29, 0.717) is 5.92 Å². The monoisotopic (exact) mass is 193 g/mol. The molecule has 3 nitrogen and oxygen atoms in total. The van der Waals surface area contributed by atoms with E-state index in [0.717, 1.165) is 19.5 Å². The Balaban J connectivity index is 2.21. The van der Waals surface area contributed by atoms with E-state index in [1.165, 1.54) is 29.8 Å².